The van der Waals surface area contributed by atoms with Gasteiger partial charge in [-0.3, -0.25) is 4.79 Å². The zero-order chi connectivity index (χ0) is 12.1. The van der Waals surface area contributed by atoms with Crippen LogP contribution in [0.4, 0.5) is 0 Å². The molecule has 0 aromatic rings. The molecule has 1 N–H and O–H groups in total. The lowest BCUT2D eigenvalue weighted by molar-refractivity contribution is -0.141. The van der Waals surface area contributed by atoms with Gasteiger partial charge in [0.05, 0.1) is 19.3 Å². The summed E-state index contributed by atoms with van der Waals surface area (Å²) in [4.78, 5) is 14.0. The van der Waals surface area contributed by atoms with Gasteiger partial charge in [-0.25, -0.2) is 0 Å². The highest BCUT2D eigenvalue weighted by Crippen LogP contribution is 2.27. The minimum atomic E-state index is -0.181. The Hall–Kier alpha value is -0.610. The van der Waals surface area contributed by atoms with E-state index in [0.717, 1.165) is 0 Å². The van der Waals surface area contributed by atoms with Crippen LogP contribution in [-0.4, -0.2) is 48.3 Å². The van der Waals surface area contributed by atoms with Gasteiger partial charge >= 0.3 is 0 Å². The van der Waals surface area contributed by atoms with Gasteiger partial charge in [-0.1, -0.05) is 19.3 Å². The molecule has 0 aromatic carbocycles. The Kier molecular flexibility index (Phi) is 4.80. The zero-order valence-corrected chi connectivity index (χ0v) is 10.4. The second-order valence-corrected chi connectivity index (χ2v) is 5.22. The normalized spacial score (nSPS) is 27.1. The van der Waals surface area contributed by atoms with Crippen LogP contribution in [-0.2, 0) is 9.53 Å². The van der Waals surface area contributed by atoms with E-state index in [9.17, 15) is 4.79 Å². The van der Waals surface area contributed by atoms with Crippen molar-refractivity contribution in [2.45, 2.75) is 44.6 Å². The third kappa shape index (κ3) is 3.68. The molecule has 2 rings (SSSR count). The molecule has 1 aliphatic heterocycles. The van der Waals surface area contributed by atoms with Crippen LogP contribution in [0, 0.1) is 5.92 Å². The molecule has 1 atom stereocenters. The summed E-state index contributed by atoms with van der Waals surface area (Å²) < 4.78 is 5.35. The van der Waals surface area contributed by atoms with Gasteiger partial charge in [0.25, 0.3) is 0 Å². The van der Waals surface area contributed by atoms with Crippen LogP contribution in [0.15, 0.2) is 0 Å². The quantitative estimate of drug-likeness (QED) is 0.807. The Labute approximate surface area is 103 Å². The summed E-state index contributed by atoms with van der Waals surface area (Å²) in [5, 5.41) is 9.05. The number of morpholine rings is 1. The number of nitrogens with zero attached hydrogens (tertiary/aromatic N) is 1. The van der Waals surface area contributed by atoms with E-state index in [-0.39, 0.29) is 18.6 Å². The summed E-state index contributed by atoms with van der Waals surface area (Å²) in [7, 11) is 0. The van der Waals surface area contributed by atoms with E-state index in [4.69, 9.17) is 9.84 Å². The van der Waals surface area contributed by atoms with Crippen LogP contribution in [0.3, 0.4) is 0 Å². The van der Waals surface area contributed by atoms with Crippen LogP contribution < -0.4 is 0 Å². The van der Waals surface area contributed by atoms with Crippen molar-refractivity contribution in [3.8, 4) is 0 Å². The number of hydrogen-bond acceptors (Lipinski definition) is 3. The molecule has 0 aromatic heterocycles. The Balaban J connectivity index is 1.78. The summed E-state index contributed by atoms with van der Waals surface area (Å²) in [6.45, 7) is 1.80. The van der Waals surface area contributed by atoms with Crippen molar-refractivity contribution in [1.29, 1.82) is 0 Å². The van der Waals surface area contributed by atoms with Crippen molar-refractivity contribution in [3.05, 3.63) is 0 Å². The van der Waals surface area contributed by atoms with Crippen LogP contribution >= 0.6 is 0 Å². The highest BCUT2D eigenvalue weighted by Gasteiger charge is 2.26. The van der Waals surface area contributed by atoms with E-state index in [2.05, 4.69) is 0 Å². The molecule has 17 heavy (non-hydrogen) atoms. The average molecular weight is 241 g/mol. The maximum Gasteiger partial charge on any atom is 0.223 e. The Morgan fingerprint density at radius 2 is 2.06 bits per heavy atom. The molecule has 1 saturated carbocycles. The molecule has 0 radical (unpaired) electrons. The molecule has 1 saturated heterocycles. The summed E-state index contributed by atoms with van der Waals surface area (Å²) in [5.41, 5.74) is 0. The molecule has 4 heteroatoms. The number of aliphatic hydroxyl groups is 1. The minimum Gasteiger partial charge on any atom is -0.394 e. The number of amides is 1. The predicted molar refractivity (Wildman–Crippen MR) is 64.6 cm³/mol. The standard InChI is InChI=1S/C13H23NO3/c15-10-12-9-14(6-7-17-12)13(16)8-11-4-2-1-3-5-11/h11-12,15H,1-10H2. The van der Waals surface area contributed by atoms with Crippen molar-refractivity contribution >= 4 is 5.91 Å². The van der Waals surface area contributed by atoms with E-state index in [1.165, 1.54) is 32.1 Å². The maximum atomic E-state index is 12.1. The molecule has 98 valence electrons. The Bertz CT molecular complexity index is 251. The lowest BCUT2D eigenvalue weighted by Crippen LogP contribution is -2.47. The summed E-state index contributed by atoms with van der Waals surface area (Å²) in [6.07, 6.45) is 6.81. The van der Waals surface area contributed by atoms with E-state index >= 15 is 0 Å². The summed E-state index contributed by atoms with van der Waals surface area (Å²) >= 11 is 0. The van der Waals surface area contributed by atoms with E-state index < -0.39 is 0 Å². The number of carbonyl (C=O) groups is 1. The first-order chi connectivity index (χ1) is 8.29. The SMILES string of the molecule is O=C(CC1CCCCC1)N1CCOC(CO)C1. The van der Waals surface area contributed by atoms with Gasteiger partial charge in [0.2, 0.25) is 5.91 Å². The lowest BCUT2D eigenvalue weighted by Gasteiger charge is -2.33. The third-order valence-corrected chi connectivity index (χ3v) is 3.88. The molecule has 0 spiro atoms. The smallest absolute Gasteiger partial charge is 0.223 e. The molecule has 2 aliphatic rings. The number of hydrogen-bond donors (Lipinski definition) is 1. The number of rotatable bonds is 3. The van der Waals surface area contributed by atoms with Crippen molar-refractivity contribution in [2.24, 2.45) is 5.92 Å². The van der Waals surface area contributed by atoms with Crippen molar-refractivity contribution in [2.75, 3.05) is 26.3 Å². The van der Waals surface area contributed by atoms with Gasteiger partial charge in [-0.2, -0.15) is 0 Å². The molecule has 1 amide bonds. The van der Waals surface area contributed by atoms with E-state index in [0.29, 0.717) is 32.0 Å². The highest BCUT2D eigenvalue weighted by molar-refractivity contribution is 5.76. The molecule has 1 heterocycles. The fourth-order valence-corrected chi connectivity index (χ4v) is 2.82. The van der Waals surface area contributed by atoms with Crippen molar-refractivity contribution < 1.29 is 14.6 Å². The van der Waals surface area contributed by atoms with Crippen molar-refractivity contribution in [3.63, 3.8) is 0 Å². The molecule has 2 fully saturated rings. The second-order valence-electron chi connectivity index (χ2n) is 5.22. The summed E-state index contributed by atoms with van der Waals surface area (Å²) in [6, 6.07) is 0. The van der Waals surface area contributed by atoms with E-state index in [1.807, 2.05) is 4.90 Å². The first-order valence-corrected chi connectivity index (χ1v) is 6.80. The number of aliphatic hydroxyl groups excluding tert-OH is 1. The van der Waals surface area contributed by atoms with Crippen LogP contribution in [0.1, 0.15) is 38.5 Å². The molecule has 4 nitrogen and oxygen atoms in total. The second kappa shape index (κ2) is 6.36. The minimum absolute atomic E-state index is 0.00715. The maximum absolute atomic E-state index is 12.1. The molecule has 1 aliphatic carbocycles. The summed E-state index contributed by atoms with van der Waals surface area (Å²) in [5.74, 6) is 0.838. The monoisotopic (exact) mass is 241 g/mol. The van der Waals surface area contributed by atoms with Gasteiger partial charge in [0, 0.05) is 19.5 Å². The van der Waals surface area contributed by atoms with Gasteiger partial charge in [-0.05, 0) is 18.8 Å². The fourth-order valence-electron chi connectivity index (χ4n) is 2.82. The average Bonchev–Trinajstić information content (AvgIpc) is 2.40. The first-order valence-electron chi connectivity index (χ1n) is 6.80. The molecular formula is C13H23NO3. The van der Waals surface area contributed by atoms with E-state index in [1.54, 1.807) is 0 Å². The number of carbonyl (C=O) groups excluding carboxylic acids is 1. The highest BCUT2D eigenvalue weighted by atomic mass is 16.5. The van der Waals surface area contributed by atoms with Crippen LogP contribution in [0.25, 0.3) is 0 Å². The van der Waals surface area contributed by atoms with Gasteiger partial charge in [-0.15, -0.1) is 0 Å². The third-order valence-electron chi connectivity index (χ3n) is 3.88. The Morgan fingerprint density at radius 3 is 2.76 bits per heavy atom. The fraction of sp³-hybridized carbons (Fsp3) is 0.923. The number of ether oxygens (including phenoxy) is 1. The largest absolute Gasteiger partial charge is 0.394 e. The van der Waals surface area contributed by atoms with Gasteiger partial charge in [0.15, 0.2) is 0 Å². The topological polar surface area (TPSA) is 49.8 Å². The molecular weight excluding hydrogens is 218 g/mol. The van der Waals surface area contributed by atoms with Crippen LogP contribution in [0.2, 0.25) is 0 Å². The van der Waals surface area contributed by atoms with Gasteiger partial charge in [0.1, 0.15) is 0 Å². The Morgan fingerprint density at radius 1 is 1.29 bits per heavy atom. The lowest BCUT2D eigenvalue weighted by atomic mass is 9.86. The van der Waals surface area contributed by atoms with Crippen molar-refractivity contribution in [1.82, 2.24) is 4.90 Å². The zero-order valence-electron chi connectivity index (χ0n) is 10.4. The van der Waals surface area contributed by atoms with Gasteiger partial charge < -0.3 is 14.7 Å². The van der Waals surface area contributed by atoms with Crippen LogP contribution in [0.5, 0.6) is 0 Å². The first kappa shape index (κ1) is 12.8. The predicted octanol–water partition coefficient (Wildman–Crippen LogP) is 1.18. The molecule has 1 unspecified atom stereocenters. The molecule has 0 bridgehead atoms.